The normalized spacial score (nSPS) is 17.2. The third-order valence-electron chi connectivity index (χ3n) is 4.77. The van der Waals surface area contributed by atoms with E-state index >= 15 is 0 Å². The summed E-state index contributed by atoms with van der Waals surface area (Å²) in [6.07, 6.45) is 2.35. The molecule has 1 saturated heterocycles. The zero-order chi connectivity index (χ0) is 16.9. The van der Waals surface area contributed by atoms with E-state index in [1.165, 1.54) is 35.4 Å². The lowest BCUT2D eigenvalue weighted by Gasteiger charge is -2.31. The van der Waals surface area contributed by atoms with Gasteiger partial charge in [0.15, 0.2) is 0 Å². The fraction of sp³-hybridized carbons (Fsp3) is 0.333. The van der Waals surface area contributed by atoms with E-state index in [0.717, 1.165) is 24.7 Å². The zero-order valence-corrected chi connectivity index (χ0v) is 15.3. The fourth-order valence-electron chi connectivity index (χ4n) is 2.98. The molecule has 3 rings (SSSR count). The van der Waals surface area contributed by atoms with Crippen LogP contribution >= 0.6 is 11.6 Å². The Kier molecular flexibility index (Phi) is 5.72. The van der Waals surface area contributed by atoms with Crippen LogP contribution in [-0.4, -0.2) is 49.6 Å². The molecule has 1 heterocycles. The molecule has 0 atom stereocenters. The molecule has 1 aliphatic rings. The molecule has 0 aliphatic carbocycles. The van der Waals surface area contributed by atoms with Crippen LogP contribution in [0.3, 0.4) is 0 Å². The van der Waals surface area contributed by atoms with Gasteiger partial charge in [-0.1, -0.05) is 54.1 Å². The second-order valence-corrected chi connectivity index (χ2v) is 7.01. The van der Waals surface area contributed by atoms with Crippen LogP contribution in [0.5, 0.6) is 0 Å². The first-order chi connectivity index (χ1) is 11.6. The van der Waals surface area contributed by atoms with Crippen LogP contribution in [0.1, 0.15) is 12.5 Å². The van der Waals surface area contributed by atoms with Crippen LogP contribution in [-0.2, 0) is 0 Å². The molecular formula is C21H25ClN2. The maximum Gasteiger partial charge on any atom is 0.0406 e. The minimum Gasteiger partial charge on any atom is -0.304 e. The highest BCUT2D eigenvalue weighted by atomic mass is 35.5. The molecule has 3 heteroatoms. The predicted molar refractivity (Wildman–Crippen MR) is 104 cm³/mol. The Bertz CT molecular complexity index is 681. The van der Waals surface area contributed by atoms with Gasteiger partial charge in [0.1, 0.15) is 0 Å². The highest BCUT2D eigenvalue weighted by molar-refractivity contribution is 6.30. The van der Waals surface area contributed by atoms with Crippen molar-refractivity contribution in [2.45, 2.75) is 6.92 Å². The maximum absolute atomic E-state index is 5.96. The number of nitrogens with zero attached hydrogens (tertiary/aromatic N) is 2. The number of hydrogen-bond donors (Lipinski definition) is 0. The van der Waals surface area contributed by atoms with Crippen LogP contribution in [0.25, 0.3) is 16.7 Å². The van der Waals surface area contributed by atoms with Crippen molar-refractivity contribution in [3.05, 3.63) is 65.2 Å². The van der Waals surface area contributed by atoms with Crippen molar-refractivity contribution in [1.29, 1.82) is 0 Å². The van der Waals surface area contributed by atoms with E-state index in [0.29, 0.717) is 0 Å². The van der Waals surface area contributed by atoms with Crippen LogP contribution in [0.15, 0.2) is 54.6 Å². The molecule has 1 aliphatic heterocycles. The van der Waals surface area contributed by atoms with Crippen LogP contribution in [0, 0.1) is 0 Å². The molecule has 0 unspecified atom stereocenters. The van der Waals surface area contributed by atoms with E-state index in [1.807, 2.05) is 12.1 Å². The minimum atomic E-state index is 0.776. The van der Waals surface area contributed by atoms with Gasteiger partial charge in [0, 0.05) is 37.7 Å². The molecule has 0 spiro atoms. The summed E-state index contributed by atoms with van der Waals surface area (Å²) in [5.74, 6) is 0. The topological polar surface area (TPSA) is 6.48 Å². The fourth-order valence-corrected chi connectivity index (χ4v) is 3.11. The van der Waals surface area contributed by atoms with Crippen molar-refractivity contribution >= 4 is 17.2 Å². The second kappa shape index (κ2) is 7.98. The molecule has 0 amide bonds. The monoisotopic (exact) mass is 340 g/mol. The van der Waals surface area contributed by atoms with Gasteiger partial charge in [0.2, 0.25) is 0 Å². The summed E-state index contributed by atoms with van der Waals surface area (Å²) in [5, 5.41) is 0.776. The smallest absolute Gasteiger partial charge is 0.0406 e. The van der Waals surface area contributed by atoms with Crippen molar-refractivity contribution in [2.75, 3.05) is 39.8 Å². The molecule has 0 bridgehead atoms. The van der Waals surface area contributed by atoms with Crippen LogP contribution < -0.4 is 0 Å². The van der Waals surface area contributed by atoms with Gasteiger partial charge in [-0.15, -0.1) is 0 Å². The Morgan fingerprint density at radius 1 is 0.917 bits per heavy atom. The maximum atomic E-state index is 5.96. The molecular weight excluding hydrogens is 316 g/mol. The first-order valence-electron chi connectivity index (χ1n) is 8.56. The summed E-state index contributed by atoms with van der Waals surface area (Å²) in [5.41, 5.74) is 5.06. The molecule has 0 aromatic heterocycles. The Balaban J connectivity index is 1.64. The average Bonchev–Trinajstić information content (AvgIpc) is 2.62. The lowest BCUT2D eigenvalue weighted by atomic mass is 10.0. The Hall–Kier alpha value is -1.61. The minimum absolute atomic E-state index is 0.776. The third-order valence-corrected chi connectivity index (χ3v) is 5.02. The predicted octanol–water partition coefficient (Wildman–Crippen LogP) is 4.66. The summed E-state index contributed by atoms with van der Waals surface area (Å²) in [6.45, 7) is 7.91. The van der Waals surface area contributed by atoms with Crippen molar-refractivity contribution < 1.29 is 0 Å². The second-order valence-electron chi connectivity index (χ2n) is 6.58. The van der Waals surface area contributed by atoms with Gasteiger partial charge < -0.3 is 4.90 Å². The molecule has 0 N–H and O–H groups in total. The van der Waals surface area contributed by atoms with Crippen LogP contribution in [0.4, 0.5) is 0 Å². The summed E-state index contributed by atoms with van der Waals surface area (Å²) < 4.78 is 0. The van der Waals surface area contributed by atoms with E-state index in [1.54, 1.807) is 0 Å². The van der Waals surface area contributed by atoms with Crippen molar-refractivity contribution in [2.24, 2.45) is 0 Å². The number of benzene rings is 2. The highest BCUT2D eigenvalue weighted by Crippen LogP contribution is 2.24. The molecule has 2 nitrogen and oxygen atoms in total. The zero-order valence-electron chi connectivity index (χ0n) is 14.5. The number of halogens is 1. The molecule has 2 aromatic rings. The van der Waals surface area contributed by atoms with Gasteiger partial charge in [-0.25, -0.2) is 0 Å². The molecule has 0 radical (unpaired) electrons. The highest BCUT2D eigenvalue weighted by Gasteiger charge is 2.12. The Morgan fingerprint density at radius 2 is 1.46 bits per heavy atom. The van der Waals surface area contributed by atoms with Gasteiger partial charge in [-0.05, 0) is 48.4 Å². The standard InChI is InChI=1S/C21H25ClN2/c1-17(11-12-24-15-13-23(2)14-16-24)18-3-5-19(6-4-18)20-7-9-21(22)10-8-20/h3-11H,12-16H2,1-2H3. The van der Waals surface area contributed by atoms with Crippen molar-refractivity contribution in [1.82, 2.24) is 9.80 Å². The average molecular weight is 341 g/mol. The Morgan fingerprint density at radius 3 is 2.04 bits per heavy atom. The van der Waals surface area contributed by atoms with E-state index in [2.05, 4.69) is 66.2 Å². The molecule has 1 fully saturated rings. The molecule has 2 aromatic carbocycles. The summed E-state index contributed by atoms with van der Waals surface area (Å²) in [7, 11) is 2.20. The molecule has 126 valence electrons. The van der Waals surface area contributed by atoms with Gasteiger partial charge in [0.25, 0.3) is 0 Å². The number of hydrogen-bond acceptors (Lipinski definition) is 2. The number of rotatable bonds is 4. The van der Waals surface area contributed by atoms with Crippen LogP contribution in [0.2, 0.25) is 5.02 Å². The van der Waals surface area contributed by atoms with Gasteiger partial charge in [-0.2, -0.15) is 0 Å². The third kappa shape index (κ3) is 4.47. The number of piperazine rings is 1. The number of likely N-dealkylation sites (N-methyl/N-ethyl adjacent to an activating group) is 1. The molecule has 24 heavy (non-hydrogen) atoms. The van der Waals surface area contributed by atoms with E-state index in [4.69, 9.17) is 11.6 Å². The van der Waals surface area contributed by atoms with E-state index in [9.17, 15) is 0 Å². The van der Waals surface area contributed by atoms with E-state index < -0.39 is 0 Å². The number of allylic oxidation sites excluding steroid dienone is 1. The summed E-state index contributed by atoms with van der Waals surface area (Å²) in [4.78, 5) is 4.91. The first kappa shape index (κ1) is 17.2. The molecule has 0 saturated carbocycles. The SMILES string of the molecule is CC(=CCN1CCN(C)CC1)c1ccc(-c2ccc(Cl)cc2)cc1. The quantitative estimate of drug-likeness (QED) is 0.798. The van der Waals surface area contributed by atoms with Gasteiger partial charge in [0.05, 0.1) is 0 Å². The van der Waals surface area contributed by atoms with Gasteiger partial charge in [-0.3, -0.25) is 4.90 Å². The summed E-state index contributed by atoms with van der Waals surface area (Å²) in [6, 6.07) is 16.8. The lowest BCUT2D eigenvalue weighted by Crippen LogP contribution is -2.44. The summed E-state index contributed by atoms with van der Waals surface area (Å²) >= 11 is 5.96. The Labute approximate surface area is 150 Å². The lowest BCUT2D eigenvalue weighted by molar-refractivity contribution is 0.166. The first-order valence-corrected chi connectivity index (χ1v) is 8.93. The van der Waals surface area contributed by atoms with Crippen molar-refractivity contribution in [3.63, 3.8) is 0 Å². The van der Waals surface area contributed by atoms with Gasteiger partial charge >= 0.3 is 0 Å². The largest absolute Gasteiger partial charge is 0.304 e. The van der Waals surface area contributed by atoms with E-state index in [-0.39, 0.29) is 0 Å². The van der Waals surface area contributed by atoms with Crippen molar-refractivity contribution in [3.8, 4) is 11.1 Å².